The molecular weight excluding hydrogens is 224 g/mol. The van der Waals surface area contributed by atoms with Gasteiger partial charge in [-0.25, -0.2) is 0 Å². The molecule has 1 saturated carbocycles. The molecule has 0 radical (unpaired) electrons. The molecule has 1 amide bonds. The molecule has 18 heavy (non-hydrogen) atoms. The maximum absolute atomic E-state index is 12.4. The topological polar surface area (TPSA) is 32.3 Å². The number of piperidine rings is 1. The van der Waals surface area contributed by atoms with Gasteiger partial charge < -0.3 is 10.2 Å². The van der Waals surface area contributed by atoms with Crippen molar-refractivity contribution in [3.8, 4) is 0 Å². The summed E-state index contributed by atoms with van der Waals surface area (Å²) in [4.78, 5) is 14.6. The number of nitrogens with zero attached hydrogens (tertiary/aromatic N) is 1. The minimum atomic E-state index is 0.335. The van der Waals surface area contributed by atoms with E-state index in [9.17, 15) is 4.79 Å². The van der Waals surface area contributed by atoms with E-state index in [-0.39, 0.29) is 0 Å². The zero-order chi connectivity index (χ0) is 13.0. The molecule has 1 aliphatic heterocycles. The third-order valence-corrected chi connectivity index (χ3v) is 4.78. The van der Waals surface area contributed by atoms with Crippen LogP contribution in [-0.2, 0) is 4.79 Å². The third-order valence-electron chi connectivity index (χ3n) is 4.78. The quantitative estimate of drug-likeness (QED) is 0.835. The first kappa shape index (κ1) is 13.9. The number of hydrogen-bond acceptors (Lipinski definition) is 2. The van der Waals surface area contributed by atoms with Crippen molar-refractivity contribution < 1.29 is 4.79 Å². The van der Waals surface area contributed by atoms with Gasteiger partial charge in [-0.2, -0.15) is 0 Å². The zero-order valence-electron chi connectivity index (χ0n) is 12.0. The van der Waals surface area contributed by atoms with E-state index in [1.165, 1.54) is 25.7 Å². The van der Waals surface area contributed by atoms with Crippen molar-refractivity contribution in [2.45, 2.75) is 45.4 Å². The number of hydrogen-bond donors (Lipinski definition) is 1. The van der Waals surface area contributed by atoms with Gasteiger partial charge in [0.1, 0.15) is 0 Å². The summed E-state index contributed by atoms with van der Waals surface area (Å²) in [5, 5.41) is 3.25. The Morgan fingerprint density at radius 2 is 1.72 bits per heavy atom. The largest absolute Gasteiger partial charge is 0.342 e. The van der Waals surface area contributed by atoms with Gasteiger partial charge in [0.05, 0.1) is 0 Å². The minimum absolute atomic E-state index is 0.335. The van der Waals surface area contributed by atoms with Gasteiger partial charge in [0.15, 0.2) is 0 Å². The van der Waals surface area contributed by atoms with Gasteiger partial charge in [0.25, 0.3) is 0 Å². The van der Waals surface area contributed by atoms with E-state index in [4.69, 9.17) is 0 Å². The smallest absolute Gasteiger partial charge is 0.225 e. The molecule has 0 aromatic heterocycles. The molecule has 3 heteroatoms. The van der Waals surface area contributed by atoms with Gasteiger partial charge in [-0.05, 0) is 64.0 Å². The highest BCUT2D eigenvalue weighted by atomic mass is 16.2. The van der Waals surface area contributed by atoms with Crippen molar-refractivity contribution in [3.05, 3.63) is 0 Å². The van der Waals surface area contributed by atoms with Crippen LogP contribution in [0.5, 0.6) is 0 Å². The van der Waals surface area contributed by atoms with Crippen LogP contribution in [0.3, 0.4) is 0 Å². The van der Waals surface area contributed by atoms with E-state index >= 15 is 0 Å². The summed E-state index contributed by atoms with van der Waals surface area (Å²) >= 11 is 0. The Labute approximate surface area is 111 Å². The van der Waals surface area contributed by atoms with E-state index in [0.717, 1.165) is 44.3 Å². The van der Waals surface area contributed by atoms with E-state index in [0.29, 0.717) is 11.8 Å². The summed E-state index contributed by atoms with van der Waals surface area (Å²) in [6.45, 7) is 5.38. The molecule has 2 rings (SSSR count). The Kier molecular flexibility index (Phi) is 5.04. The van der Waals surface area contributed by atoms with Gasteiger partial charge in [-0.1, -0.05) is 6.92 Å². The highest BCUT2D eigenvalue weighted by Crippen LogP contribution is 2.30. The number of nitrogens with one attached hydrogen (secondary N) is 1. The maximum atomic E-state index is 12.4. The Morgan fingerprint density at radius 3 is 2.28 bits per heavy atom. The zero-order valence-corrected chi connectivity index (χ0v) is 12.0. The number of likely N-dealkylation sites (tertiary alicyclic amines) is 1. The minimum Gasteiger partial charge on any atom is -0.342 e. The standard InChI is InChI=1S/C15H28N2O/c1-12-3-5-14(6-4-12)15(18)17-9-7-13(8-10-17)11-16-2/h12-14,16H,3-11H2,1-2H3. The summed E-state index contributed by atoms with van der Waals surface area (Å²) in [7, 11) is 2.01. The van der Waals surface area contributed by atoms with Crippen molar-refractivity contribution >= 4 is 5.91 Å². The lowest BCUT2D eigenvalue weighted by molar-refractivity contribution is -0.138. The fraction of sp³-hybridized carbons (Fsp3) is 0.933. The summed E-state index contributed by atoms with van der Waals surface area (Å²) in [5.41, 5.74) is 0. The van der Waals surface area contributed by atoms with Crippen LogP contribution in [0.2, 0.25) is 0 Å². The number of amides is 1. The number of carbonyl (C=O) groups is 1. The maximum Gasteiger partial charge on any atom is 0.225 e. The first-order valence-electron chi connectivity index (χ1n) is 7.64. The van der Waals surface area contributed by atoms with Crippen LogP contribution < -0.4 is 5.32 Å². The van der Waals surface area contributed by atoms with Crippen LogP contribution >= 0.6 is 0 Å². The molecule has 0 bridgehead atoms. The molecule has 0 aromatic carbocycles. The summed E-state index contributed by atoms with van der Waals surface area (Å²) < 4.78 is 0. The molecule has 2 aliphatic rings. The Bertz CT molecular complexity index is 264. The summed E-state index contributed by atoms with van der Waals surface area (Å²) in [6.07, 6.45) is 7.08. The van der Waals surface area contributed by atoms with E-state index in [1.54, 1.807) is 0 Å². The molecule has 104 valence electrons. The van der Waals surface area contributed by atoms with Crippen molar-refractivity contribution in [1.29, 1.82) is 0 Å². The predicted octanol–water partition coefficient (Wildman–Crippen LogP) is 2.27. The van der Waals surface area contributed by atoms with Crippen LogP contribution in [0.4, 0.5) is 0 Å². The average Bonchev–Trinajstić information content (AvgIpc) is 2.40. The van der Waals surface area contributed by atoms with E-state index < -0.39 is 0 Å². The normalized spacial score (nSPS) is 30.4. The fourth-order valence-electron chi connectivity index (χ4n) is 3.41. The van der Waals surface area contributed by atoms with Crippen LogP contribution in [0.1, 0.15) is 45.4 Å². The van der Waals surface area contributed by atoms with Crippen molar-refractivity contribution in [1.82, 2.24) is 10.2 Å². The molecule has 0 unspecified atom stereocenters. The monoisotopic (exact) mass is 252 g/mol. The summed E-state index contributed by atoms with van der Waals surface area (Å²) in [5.74, 6) is 2.38. The molecule has 2 fully saturated rings. The second-order valence-electron chi connectivity index (χ2n) is 6.28. The molecule has 1 aliphatic carbocycles. The second-order valence-corrected chi connectivity index (χ2v) is 6.28. The number of rotatable bonds is 3. The average molecular weight is 252 g/mol. The lowest BCUT2D eigenvalue weighted by Crippen LogP contribution is -2.43. The van der Waals surface area contributed by atoms with Crippen LogP contribution in [0, 0.1) is 17.8 Å². The molecule has 1 heterocycles. The molecule has 0 atom stereocenters. The van der Waals surface area contributed by atoms with Crippen molar-refractivity contribution in [2.24, 2.45) is 17.8 Å². The predicted molar refractivity (Wildman–Crippen MR) is 74.4 cm³/mol. The molecule has 0 aromatic rings. The fourth-order valence-corrected chi connectivity index (χ4v) is 3.41. The Hall–Kier alpha value is -0.570. The highest BCUT2D eigenvalue weighted by Gasteiger charge is 2.30. The first-order chi connectivity index (χ1) is 8.70. The van der Waals surface area contributed by atoms with Crippen LogP contribution in [0.15, 0.2) is 0 Å². The molecule has 0 spiro atoms. The van der Waals surface area contributed by atoms with Crippen LogP contribution in [-0.4, -0.2) is 37.5 Å². The summed E-state index contributed by atoms with van der Waals surface area (Å²) in [6, 6.07) is 0. The van der Waals surface area contributed by atoms with Crippen molar-refractivity contribution in [3.63, 3.8) is 0 Å². The highest BCUT2D eigenvalue weighted by molar-refractivity contribution is 5.79. The van der Waals surface area contributed by atoms with E-state index in [2.05, 4.69) is 17.1 Å². The third kappa shape index (κ3) is 3.47. The molecule has 3 nitrogen and oxygen atoms in total. The van der Waals surface area contributed by atoms with Crippen molar-refractivity contribution in [2.75, 3.05) is 26.7 Å². The Morgan fingerprint density at radius 1 is 1.11 bits per heavy atom. The lowest BCUT2D eigenvalue weighted by atomic mass is 9.82. The SMILES string of the molecule is CNCC1CCN(C(=O)C2CCC(C)CC2)CC1. The number of carbonyl (C=O) groups excluding carboxylic acids is 1. The second kappa shape index (κ2) is 6.55. The van der Waals surface area contributed by atoms with Gasteiger partial charge in [-0.15, -0.1) is 0 Å². The van der Waals surface area contributed by atoms with Gasteiger partial charge in [-0.3, -0.25) is 4.79 Å². The van der Waals surface area contributed by atoms with Crippen LogP contribution in [0.25, 0.3) is 0 Å². The lowest BCUT2D eigenvalue weighted by Gasteiger charge is -2.36. The Balaban J connectivity index is 1.77. The molecular formula is C15H28N2O. The van der Waals surface area contributed by atoms with E-state index in [1.807, 2.05) is 7.05 Å². The van der Waals surface area contributed by atoms with Gasteiger partial charge in [0.2, 0.25) is 5.91 Å². The molecule has 1 N–H and O–H groups in total. The molecule has 1 saturated heterocycles. The van der Waals surface area contributed by atoms with Gasteiger partial charge in [0, 0.05) is 19.0 Å². The first-order valence-corrected chi connectivity index (χ1v) is 7.64. The van der Waals surface area contributed by atoms with Gasteiger partial charge >= 0.3 is 0 Å².